The number of hydrogen-bond donors (Lipinski definition) is 1. The fourth-order valence-electron chi connectivity index (χ4n) is 1.56. The van der Waals surface area contributed by atoms with Gasteiger partial charge in [0.25, 0.3) is 10.0 Å². The lowest BCUT2D eigenvalue weighted by molar-refractivity contribution is -0.137. The largest absolute Gasteiger partial charge is 0.416 e. The normalized spacial score (nSPS) is 12.2. The van der Waals surface area contributed by atoms with Crippen molar-refractivity contribution >= 4 is 31.6 Å². The fourth-order valence-corrected chi connectivity index (χ4v) is 2.88. The number of nitrogens with one attached hydrogen (secondary N) is 1. The quantitative estimate of drug-likeness (QED) is 0.865. The number of anilines is 1. The third kappa shape index (κ3) is 3.98. The molecule has 1 N–H and O–H groups in total. The fraction of sp³-hybridized carbons (Fsp3) is 0.0769. The summed E-state index contributed by atoms with van der Waals surface area (Å²) in [7, 11) is -3.83. The van der Waals surface area contributed by atoms with E-state index < -0.39 is 21.8 Å². The number of hydrogen-bond acceptors (Lipinski definition) is 2. The van der Waals surface area contributed by atoms with Crippen LogP contribution in [0.4, 0.5) is 18.9 Å². The molecule has 112 valence electrons. The molecule has 2 aromatic carbocycles. The Morgan fingerprint density at radius 3 is 1.90 bits per heavy atom. The standard InChI is InChI=1S/C13H9BrF3NO2S/c14-10-3-7-12(8-4-10)21(19,20)18-11-5-1-9(2-6-11)13(15,16)17/h1-8,18H. The van der Waals surface area contributed by atoms with Gasteiger partial charge in [-0.05, 0) is 48.5 Å². The molecule has 2 aromatic rings. The summed E-state index contributed by atoms with van der Waals surface area (Å²) < 4.78 is 64.3. The average molecular weight is 380 g/mol. The number of sulfonamides is 1. The molecule has 0 saturated heterocycles. The monoisotopic (exact) mass is 379 g/mol. The van der Waals surface area contributed by atoms with E-state index in [0.29, 0.717) is 0 Å². The molecule has 21 heavy (non-hydrogen) atoms. The zero-order chi connectivity index (χ0) is 15.7. The number of benzene rings is 2. The van der Waals surface area contributed by atoms with E-state index in [0.717, 1.165) is 28.7 Å². The van der Waals surface area contributed by atoms with E-state index >= 15 is 0 Å². The number of halogens is 4. The highest BCUT2D eigenvalue weighted by Gasteiger charge is 2.30. The maximum atomic E-state index is 12.4. The number of alkyl halides is 3. The predicted molar refractivity (Wildman–Crippen MR) is 76.4 cm³/mol. The van der Waals surface area contributed by atoms with Crippen molar-refractivity contribution in [2.75, 3.05) is 4.72 Å². The van der Waals surface area contributed by atoms with E-state index in [2.05, 4.69) is 20.7 Å². The highest BCUT2D eigenvalue weighted by molar-refractivity contribution is 9.10. The molecule has 3 nitrogen and oxygen atoms in total. The summed E-state index contributed by atoms with van der Waals surface area (Å²) in [5.74, 6) is 0. The molecular weight excluding hydrogens is 371 g/mol. The Labute approximate surface area is 128 Å². The lowest BCUT2D eigenvalue weighted by atomic mass is 10.2. The maximum Gasteiger partial charge on any atom is 0.416 e. The first-order valence-corrected chi connectivity index (χ1v) is 7.92. The van der Waals surface area contributed by atoms with Crippen molar-refractivity contribution in [3.05, 3.63) is 58.6 Å². The Morgan fingerprint density at radius 1 is 0.905 bits per heavy atom. The van der Waals surface area contributed by atoms with Gasteiger partial charge in [-0.15, -0.1) is 0 Å². The van der Waals surface area contributed by atoms with Crippen LogP contribution in [0.3, 0.4) is 0 Å². The van der Waals surface area contributed by atoms with Crippen molar-refractivity contribution in [2.24, 2.45) is 0 Å². The van der Waals surface area contributed by atoms with E-state index in [4.69, 9.17) is 0 Å². The minimum absolute atomic E-state index is 0.0191. The molecule has 0 radical (unpaired) electrons. The van der Waals surface area contributed by atoms with Gasteiger partial charge in [0.15, 0.2) is 0 Å². The summed E-state index contributed by atoms with van der Waals surface area (Å²) >= 11 is 3.18. The molecule has 0 unspecified atom stereocenters. The van der Waals surface area contributed by atoms with Crippen LogP contribution in [0.2, 0.25) is 0 Å². The van der Waals surface area contributed by atoms with Gasteiger partial charge in [-0.25, -0.2) is 8.42 Å². The molecule has 0 fully saturated rings. The second kappa shape index (κ2) is 5.69. The molecular formula is C13H9BrF3NO2S. The SMILES string of the molecule is O=S(=O)(Nc1ccc(C(F)(F)F)cc1)c1ccc(Br)cc1. The summed E-state index contributed by atoms with van der Waals surface area (Å²) in [6.07, 6.45) is -4.46. The van der Waals surface area contributed by atoms with Crippen molar-refractivity contribution in [3.8, 4) is 0 Å². The second-order valence-corrected chi connectivity index (χ2v) is 6.73. The molecule has 0 amide bonds. The van der Waals surface area contributed by atoms with E-state index in [9.17, 15) is 21.6 Å². The minimum atomic E-state index is -4.46. The van der Waals surface area contributed by atoms with Crippen molar-refractivity contribution < 1.29 is 21.6 Å². The highest BCUT2D eigenvalue weighted by atomic mass is 79.9. The van der Waals surface area contributed by atoms with Gasteiger partial charge in [-0.2, -0.15) is 13.2 Å². The van der Waals surface area contributed by atoms with Gasteiger partial charge in [0, 0.05) is 10.2 Å². The third-order valence-electron chi connectivity index (χ3n) is 2.59. The van der Waals surface area contributed by atoms with Gasteiger partial charge in [-0.1, -0.05) is 15.9 Å². The molecule has 0 heterocycles. The van der Waals surface area contributed by atoms with Crippen LogP contribution in [0, 0.1) is 0 Å². The van der Waals surface area contributed by atoms with Crippen LogP contribution in [0.5, 0.6) is 0 Å². The Hall–Kier alpha value is -1.54. The first-order valence-electron chi connectivity index (χ1n) is 5.64. The van der Waals surface area contributed by atoms with Gasteiger partial charge >= 0.3 is 6.18 Å². The van der Waals surface area contributed by atoms with E-state index in [-0.39, 0.29) is 10.6 Å². The molecule has 0 bridgehead atoms. The molecule has 0 aliphatic heterocycles. The predicted octanol–water partition coefficient (Wildman–Crippen LogP) is 4.27. The van der Waals surface area contributed by atoms with Crippen LogP contribution < -0.4 is 4.72 Å². The molecule has 0 atom stereocenters. The Morgan fingerprint density at radius 2 is 1.43 bits per heavy atom. The van der Waals surface area contributed by atoms with Crippen molar-refractivity contribution in [1.29, 1.82) is 0 Å². The van der Waals surface area contributed by atoms with Crippen LogP contribution in [-0.2, 0) is 16.2 Å². The first-order chi connectivity index (χ1) is 9.68. The smallest absolute Gasteiger partial charge is 0.280 e. The van der Waals surface area contributed by atoms with E-state index in [1.165, 1.54) is 12.1 Å². The molecule has 0 aliphatic carbocycles. The van der Waals surface area contributed by atoms with Crippen LogP contribution in [0.1, 0.15) is 5.56 Å². The summed E-state index contributed by atoms with van der Waals surface area (Å²) in [6.45, 7) is 0. The summed E-state index contributed by atoms with van der Waals surface area (Å²) in [5.41, 5.74) is -0.778. The van der Waals surface area contributed by atoms with Crippen molar-refractivity contribution in [2.45, 2.75) is 11.1 Å². The summed E-state index contributed by atoms with van der Waals surface area (Å²) in [5, 5.41) is 0. The van der Waals surface area contributed by atoms with E-state index in [1.54, 1.807) is 12.1 Å². The van der Waals surface area contributed by atoms with Gasteiger partial charge in [0.1, 0.15) is 0 Å². The molecule has 0 aliphatic rings. The van der Waals surface area contributed by atoms with E-state index in [1.807, 2.05) is 0 Å². The molecule has 0 saturated carbocycles. The van der Waals surface area contributed by atoms with Gasteiger partial charge < -0.3 is 0 Å². The van der Waals surface area contributed by atoms with Crippen LogP contribution in [-0.4, -0.2) is 8.42 Å². The summed E-state index contributed by atoms with van der Waals surface area (Å²) in [4.78, 5) is 0.0191. The lowest BCUT2D eigenvalue weighted by Gasteiger charge is -2.10. The first kappa shape index (κ1) is 15.8. The van der Waals surface area contributed by atoms with Gasteiger partial charge in [-0.3, -0.25) is 4.72 Å². The summed E-state index contributed by atoms with van der Waals surface area (Å²) in [6, 6.07) is 9.66. The maximum absolute atomic E-state index is 12.4. The third-order valence-corrected chi connectivity index (χ3v) is 4.51. The number of rotatable bonds is 3. The van der Waals surface area contributed by atoms with Crippen LogP contribution >= 0.6 is 15.9 Å². The van der Waals surface area contributed by atoms with Gasteiger partial charge in [0.2, 0.25) is 0 Å². The Kier molecular flexibility index (Phi) is 4.29. The topological polar surface area (TPSA) is 46.2 Å². The average Bonchev–Trinajstić information content (AvgIpc) is 2.38. The minimum Gasteiger partial charge on any atom is -0.280 e. The van der Waals surface area contributed by atoms with Crippen LogP contribution in [0.25, 0.3) is 0 Å². The molecule has 0 aromatic heterocycles. The van der Waals surface area contributed by atoms with Crippen LogP contribution in [0.15, 0.2) is 57.9 Å². The zero-order valence-electron chi connectivity index (χ0n) is 10.4. The Balaban J connectivity index is 2.23. The molecule has 2 rings (SSSR count). The highest BCUT2D eigenvalue weighted by Crippen LogP contribution is 2.30. The Bertz CT molecular complexity index is 726. The lowest BCUT2D eigenvalue weighted by Crippen LogP contribution is -2.13. The second-order valence-electron chi connectivity index (χ2n) is 4.13. The zero-order valence-corrected chi connectivity index (χ0v) is 12.8. The molecule has 8 heteroatoms. The van der Waals surface area contributed by atoms with Crippen molar-refractivity contribution in [1.82, 2.24) is 0 Å². The van der Waals surface area contributed by atoms with Gasteiger partial charge in [0.05, 0.1) is 10.5 Å². The van der Waals surface area contributed by atoms with Crippen molar-refractivity contribution in [3.63, 3.8) is 0 Å². The molecule has 0 spiro atoms.